The zero-order valence-electron chi connectivity index (χ0n) is 12.8. The van der Waals surface area contributed by atoms with Gasteiger partial charge in [-0.15, -0.1) is 0 Å². The summed E-state index contributed by atoms with van der Waals surface area (Å²) in [5, 5.41) is 0. The fraction of sp³-hybridized carbons (Fsp3) is 0.667. The highest BCUT2D eigenvalue weighted by Gasteiger charge is 2.36. The average Bonchev–Trinajstić information content (AvgIpc) is 2.38. The first-order chi connectivity index (χ1) is 9.04. The van der Waals surface area contributed by atoms with Gasteiger partial charge in [0.1, 0.15) is 0 Å². The molecule has 1 aliphatic carbocycles. The van der Waals surface area contributed by atoms with E-state index in [-0.39, 0.29) is 6.04 Å². The fourth-order valence-corrected chi connectivity index (χ4v) is 3.66. The zero-order valence-corrected chi connectivity index (χ0v) is 12.8. The van der Waals surface area contributed by atoms with Crippen molar-refractivity contribution < 1.29 is 0 Å². The molecule has 0 amide bonds. The van der Waals surface area contributed by atoms with E-state index in [9.17, 15) is 0 Å². The van der Waals surface area contributed by atoms with Crippen molar-refractivity contribution in [3.05, 3.63) is 35.4 Å². The lowest BCUT2D eigenvalue weighted by Gasteiger charge is -2.42. The highest BCUT2D eigenvalue weighted by Crippen LogP contribution is 2.45. The Morgan fingerprint density at radius 3 is 2.79 bits per heavy atom. The molecule has 0 heterocycles. The molecule has 0 bridgehead atoms. The molecule has 1 fully saturated rings. The highest BCUT2D eigenvalue weighted by atomic mass is 14.7. The molecule has 1 nitrogen and oxygen atoms in total. The van der Waals surface area contributed by atoms with Gasteiger partial charge in [-0.25, -0.2) is 0 Å². The summed E-state index contributed by atoms with van der Waals surface area (Å²) >= 11 is 0. The van der Waals surface area contributed by atoms with Gasteiger partial charge in [0.05, 0.1) is 0 Å². The third kappa shape index (κ3) is 3.39. The zero-order chi connectivity index (χ0) is 13.9. The predicted octanol–water partition coefficient (Wildman–Crippen LogP) is 4.86. The lowest BCUT2D eigenvalue weighted by Crippen LogP contribution is -2.36. The van der Waals surface area contributed by atoms with Crippen LogP contribution in [0.3, 0.4) is 0 Å². The van der Waals surface area contributed by atoms with Crippen LogP contribution in [0.1, 0.15) is 70.0 Å². The molecule has 19 heavy (non-hydrogen) atoms. The van der Waals surface area contributed by atoms with Crippen molar-refractivity contribution in [1.82, 2.24) is 0 Å². The summed E-state index contributed by atoms with van der Waals surface area (Å²) in [4.78, 5) is 0. The highest BCUT2D eigenvalue weighted by molar-refractivity contribution is 5.27. The van der Waals surface area contributed by atoms with Crippen molar-refractivity contribution >= 4 is 0 Å². The molecule has 1 saturated carbocycles. The molecule has 2 N–H and O–H groups in total. The van der Waals surface area contributed by atoms with E-state index in [2.05, 4.69) is 45.0 Å². The van der Waals surface area contributed by atoms with Gasteiger partial charge in [0.25, 0.3) is 0 Å². The molecule has 106 valence electrons. The summed E-state index contributed by atoms with van der Waals surface area (Å²) in [5.74, 6) is 0.623. The second kappa shape index (κ2) is 6.09. The van der Waals surface area contributed by atoms with E-state index in [1.165, 1.54) is 43.2 Å². The van der Waals surface area contributed by atoms with Crippen molar-refractivity contribution in [2.24, 2.45) is 17.1 Å². The van der Waals surface area contributed by atoms with Gasteiger partial charge in [-0.1, -0.05) is 64.3 Å². The van der Waals surface area contributed by atoms with E-state index in [1.807, 2.05) is 0 Å². The summed E-state index contributed by atoms with van der Waals surface area (Å²) < 4.78 is 0. The molecule has 1 heteroatoms. The van der Waals surface area contributed by atoms with Crippen LogP contribution in [0.4, 0.5) is 0 Å². The van der Waals surface area contributed by atoms with Crippen LogP contribution in [0.25, 0.3) is 0 Å². The van der Waals surface area contributed by atoms with E-state index in [1.54, 1.807) is 0 Å². The van der Waals surface area contributed by atoms with Crippen molar-refractivity contribution in [3.63, 3.8) is 0 Å². The number of hydrogen-bond acceptors (Lipinski definition) is 1. The van der Waals surface area contributed by atoms with Gasteiger partial charge in [0.15, 0.2) is 0 Å². The monoisotopic (exact) mass is 259 g/mol. The van der Waals surface area contributed by atoms with Crippen LogP contribution in [0, 0.1) is 11.3 Å². The number of benzene rings is 1. The van der Waals surface area contributed by atoms with E-state index >= 15 is 0 Å². The summed E-state index contributed by atoms with van der Waals surface area (Å²) in [7, 11) is 0. The molecule has 0 spiro atoms. The van der Waals surface area contributed by atoms with Gasteiger partial charge in [-0.2, -0.15) is 0 Å². The lowest BCUT2D eigenvalue weighted by atomic mass is 9.65. The Balaban J connectivity index is 2.18. The molecule has 2 unspecified atom stereocenters. The first-order valence-corrected chi connectivity index (χ1v) is 7.89. The summed E-state index contributed by atoms with van der Waals surface area (Å²) in [6.07, 6.45) is 7.68. The second-order valence-corrected chi connectivity index (χ2v) is 6.86. The molecule has 0 saturated heterocycles. The van der Waals surface area contributed by atoms with Gasteiger partial charge in [-0.3, -0.25) is 0 Å². The molecule has 2 atom stereocenters. The summed E-state index contributed by atoms with van der Waals surface area (Å²) in [6, 6.07) is 9.15. The number of hydrogen-bond donors (Lipinski definition) is 1. The maximum absolute atomic E-state index is 6.61. The Hall–Kier alpha value is -0.820. The van der Waals surface area contributed by atoms with Gasteiger partial charge < -0.3 is 5.73 Å². The molecule has 0 radical (unpaired) electrons. The standard InChI is InChI=1S/C18H29N/c1-4-8-14-9-7-10-15(13-14)17(19)16-11-5-6-12-18(16,2)3/h7,9-10,13,16-17H,4-6,8,11-12,19H2,1-3H3. The maximum atomic E-state index is 6.61. The first kappa shape index (κ1) is 14.6. The molecule has 0 aromatic heterocycles. The van der Waals surface area contributed by atoms with Crippen LogP contribution in [-0.2, 0) is 6.42 Å². The number of rotatable bonds is 4. The molecular weight excluding hydrogens is 230 g/mol. The SMILES string of the molecule is CCCc1cccc(C(N)C2CCCCC2(C)C)c1. The van der Waals surface area contributed by atoms with Crippen LogP contribution < -0.4 is 5.73 Å². The smallest absolute Gasteiger partial charge is 0.0328 e. The van der Waals surface area contributed by atoms with Crippen molar-refractivity contribution in [2.75, 3.05) is 0 Å². The van der Waals surface area contributed by atoms with Crippen LogP contribution in [0.15, 0.2) is 24.3 Å². The van der Waals surface area contributed by atoms with Gasteiger partial charge in [0.2, 0.25) is 0 Å². The Bertz CT molecular complexity index is 408. The molecule has 0 aliphatic heterocycles. The molecule has 1 aliphatic rings. The third-order valence-corrected chi connectivity index (χ3v) is 4.90. The van der Waals surface area contributed by atoms with Crippen molar-refractivity contribution in [1.29, 1.82) is 0 Å². The molecule has 1 aromatic carbocycles. The average molecular weight is 259 g/mol. The van der Waals surface area contributed by atoms with Crippen molar-refractivity contribution in [2.45, 2.75) is 65.3 Å². The predicted molar refractivity (Wildman–Crippen MR) is 83.1 cm³/mol. The summed E-state index contributed by atoms with van der Waals surface area (Å²) in [6.45, 7) is 7.02. The second-order valence-electron chi connectivity index (χ2n) is 6.86. The van der Waals surface area contributed by atoms with Crippen LogP contribution >= 0.6 is 0 Å². The van der Waals surface area contributed by atoms with Crippen LogP contribution in [-0.4, -0.2) is 0 Å². The van der Waals surface area contributed by atoms with E-state index in [0.717, 1.165) is 6.42 Å². The Morgan fingerprint density at radius 1 is 1.32 bits per heavy atom. The summed E-state index contributed by atoms with van der Waals surface area (Å²) in [5.41, 5.74) is 9.77. The van der Waals surface area contributed by atoms with Gasteiger partial charge in [-0.05, 0) is 41.7 Å². The molecular formula is C18H29N. The third-order valence-electron chi connectivity index (χ3n) is 4.90. The van der Waals surface area contributed by atoms with Gasteiger partial charge in [0, 0.05) is 6.04 Å². The lowest BCUT2D eigenvalue weighted by molar-refractivity contribution is 0.112. The minimum Gasteiger partial charge on any atom is -0.324 e. The quantitative estimate of drug-likeness (QED) is 0.821. The first-order valence-electron chi connectivity index (χ1n) is 7.89. The van der Waals surface area contributed by atoms with Gasteiger partial charge >= 0.3 is 0 Å². The Labute approximate surface area is 118 Å². The maximum Gasteiger partial charge on any atom is 0.0328 e. The fourth-order valence-electron chi connectivity index (χ4n) is 3.66. The largest absolute Gasteiger partial charge is 0.324 e. The van der Waals surface area contributed by atoms with Crippen LogP contribution in [0.5, 0.6) is 0 Å². The number of nitrogens with two attached hydrogens (primary N) is 1. The minimum absolute atomic E-state index is 0.201. The molecule has 1 aromatic rings. The van der Waals surface area contributed by atoms with E-state index in [0.29, 0.717) is 11.3 Å². The van der Waals surface area contributed by atoms with E-state index in [4.69, 9.17) is 5.73 Å². The van der Waals surface area contributed by atoms with E-state index < -0.39 is 0 Å². The Kier molecular flexibility index (Phi) is 4.67. The van der Waals surface area contributed by atoms with Crippen molar-refractivity contribution in [3.8, 4) is 0 Å². The Morgan fingerprint density at radius 2 is 2.11 bits per heavy atom. The minimum atomic E-state index is 0.201. The number of aryl methyl sites for hydroxylation is 1. The van der Waals surface area contributed by atoms with Crippen LogP contribution in [0.2, 0.25) is 0 Å². The normalized spacial score (nSPS) is 24.1. The molecule has 2 rings (SSSR count). The topological polar surface area (TPSA) is 26.0 Å².